The molecule has 3 heterocycles. The Hall–Kier alpha value is -3.71. The van der Waals surface area contributed by atoms with Crippen molar-refractivity contribution in [2.75, 3.05) is 31.8 Å². The molecule has 13 heteroatoms. The van der Waals surface area contributed by atoms with Gasteiger partial charge >= 0.3 is 11.9 Å². The fourth-order valence-corrected chi connectivity index (χ4v) is 3.45. The first-order valence-electron chi connectivity index (χ1n) is 9.98. The van der Waals surface area contributed by atoms with Gasteiger partial charge < -0.3 is 29.9 Å². The zero-order chi connectivity index (χ0) is 23.6. The van der Waals surface area contributed by atoms with Gasteiger partial charge in [-0.15, -0.1) is 0 Å². The summed E-state index contributed by atoms with van der Waals surface area (Å²) in [7, 11) is 2.04. The Kier molecular flexibility index (Phi) is 8.55. The Morgan fingerprint density at radius 1 is 1.24 bits per heavy atom. The van der Waals surface area contributed by atoms with Crippen LogP contribution in [0.25, 0.3) is 5.95 Å². The number of fused-ring (bicyclic) bond motifs is 1. The topological polar surface area (TPSA) is 152 Å². The largest absolute Gasteiger partial charge is 0.481 e. The number of imidazole rings is 1. The van der Waals surface area contributed by atoms with Crippen LogP contribution in [0.5, 0.6) is 11.5 Å². The zero-order valence-corrected chi connectivity index (χ0v) is 18.7. The molecular weight excluding hydrogens is 452 g/mol. The molecule has 0 unspecified atom stereocenters. The summed E-state index contributed by atoms with van der Waals surface area (Å²) < 4.78 is 16.9. The van der Waals surface area contributed by atoms with Crippen molar-refractivity contribution in [3.63, 3.8) is 0 Å². The van der Waals surface area contributed by atoms with Gasteiger partial charge in [-0.05, 0) is 30.7 Å². The van der Waals surface area contributed by atoms with E-state index in [0.29, 0.717) is 12.7 Å². The van der Waals surface area contributed by atoms with E-state index in [2.05, 4.69) is 30.6 Å². The van der Waals surface area contributed by atoms with Gasteiger partial charge in [-0.25, -0.2) is 4.98 Å². The van der Waals surface area contributed by atoms with Crippen molar-refractivity contribution in [3.8, 4) is 17.4 Å². The molecule has 33 heavy (non-hydrogen) atoms. The number of benzene rings is 1. The van der Waals surface area contributed by atoms with Gasteiger partial charge in [0, 0.05) is 44.1 Å². The van der Waals surface area contributed by atoms with Crippen LogP contribution in [-0.4, -0.2) is 68.0 Å². The number of anilines is 1. The Morgan fingerprint density at radius 3 is 2.73 bits per heavy atom. The van der Waals surface area contributed by atoms with Crippen LogP contribution in [0.1, 0.15) is 18.4 Å². The minimum absolute atomic E-state index is 0.312. The molecule has 3 aromatic rings. The lowest BCUT2D eigenvalue weighted by molar-refractivity contribution is -0.147. The molecule has 12 nitrogen and oxygen atoms in total. The maximum absolute atomic E-state index is 9.43. The summed E-state index contributed by atoms with van der Waals surface area (Å²) in [4.78, 5) is 29.5. The van der Waals surface area contributed by atoms with Crippen molar-refractivity contribution in [3.05, 3.63) is 42.5 Å². The predicted octanol–water partition coefficient (Wildman–Crippen LogP) is 1.61. The SMILES string of the molecule is CN(CCCNCc1ccc2c(c1)OCO2)c1nc(-n2ccnc2)ns1.O=C(O)CC(=O)O. The first-order chi connectivity index (χ1) is 15.9. The summed E-state index contributed by atoms with van der Waals surface area (Å²) in [6.07, 6.45) is 5.47. The molecule has 176 valence electrons. The number of hydrogen-bond acceptors (Lipinski definition) is 10. The molecule has 2 aromatic heterocycles. The molecule has 0 saturated carbocycles. The van der Waals surface area contributed by atoms with Crippen LogP contribution in [0.2, 0.25) is 0 Å². The summed E-state index contributed by atoms with van der Waals surface area (Å²) in [6.45, 7) is 2.95. The minimum atomic E-state index is -1.31. The number of nitrogens with zero attached hydrogens (tertiary/aromatic N) is 5. The van der Waals surface area contributed by atoms with Gasteiger partial charge in [-0.1, -0.05) is 6.07 Å². The molecule has 0 saturated heterocycles. The molecular formula is C20H24N6O6S. The van der Waals surface area contributed by atoms with E-state index in [9.17, 15) is 9.59 Å². The molecule has 1 aliphatic heterocycles. The van der Waals surface area contributed by atoms with Crippen molar-refractivity contribution in [1.82, 2.24) is 24.2 Å². The Morgan fingerprint density at radius 2 is 2.03 bits per heavy atom. The summed E-state index contributed by atoms with van der Waals surface area (Å²) in [5.41, 5.74) is 1.19. The van der Waals surface area contributed by atoms with E-state index in [1.807, 2.05) is 25.4 Å². The van der Waals surface area contributed by atoms with Gasteiger partial charge in [0.2, 0.25) is 17.9 Å². The average Bonchev–Trinajstić information content (AvgIpc) is 3.53. The van der Waals surface area contributed by atoms with E-state index in [1.165, 1.54) is 17.1 Å². The molecule has 1 aliphatic rings. The Labute approximate surface area is 193 Å². The van der Waals surface area contributed by atoms with Crippen molar-refractivity contribution >= 4 is 28.6 Å². The van der Waals surface area contributed by atoms with E-state index in [1.54, 1.807) is 17.1 Å². The second-order valence-corrected chi connectivity index (χ2v) is 7.68. The summed E-state index contributed by atoms with van der Waals surface area (Å²) in [5.74, 6) is -0.313. The Balaban J connectivity index is 0.000000383. The number of carboxylic acid groups (broad SMARTS) is 2. The van der Waals surface area contributed by atoms with Crippen molar-refractivity contribution in [2.45, 2.75) is 19.4 Å². The van der Waals surface area contributed by atoms with Crippen LogP contribution in [0.3, 0.4) is 0 Å². The highest BCUT2D eigenvalue weighted by Crippen LogP contribution is 2.32. The van der Waals surface area contributed by atoms with Gasteiger partial charge in [-0.2, -0.15) is 9.36 Å². The number of nitrogens with one attached hydrogen (secondary N) is 1. The lowest BCUT2D eigenvalue weighted by Gasteiger charge is -2.15. The third kappa shape index (κ3) is 7.43. The van der Waals surface area contributed by atoms with Crippen LogP contribution in [0.15, 0.2) is 36.9 Å². The Bertz CT molecular complexity index is 1050. The van der Waals surface area contributed by atoms with Gasteiger partial charge in [-0.3, -0.25) is 14.2 Å². The zero-order valence-electron chi connectivity index (χ0n) is 17.9. The van der Waals surface area contributed by atoms with Crippen molar-refractivity contribution in [2.24, 2.45) is 0 Å². The maximum atomic E-state index is 9.43. The molecule has 0 spiro atoms. The van der Waals surface area contributed by atoms with Gasteiger partial charge in [0.25, 0.3) is 0 Å². The molecule has 0 aliphatic carbocycles. The molecule has 0 atom stereocenters. The van der Waals surface area contributed by atoms with Crippen LogP contribution >= 0.6 is 11.5 Å². The molecule has 0 radical (unpaired) electrons. The molecule has 3 N–H and O–H groups in total. The van der Waals surface area contributed by atoms with Crippen LogP contribution in [0.4, 0.5) is 5.13 Å². The number of aromatic nitrogens is 4. The van der Waals surface area contributed by atoms with E-state index in [-0.39, 0.29) is 0 Å². The number of ether oxygens (including phenoxy) is 2. The van der Waals surface area contributed by atoms with Crippen LogP contribution in [0, 0.1) is 0 Å². The standard InChI is InChI=1S/C17H20N6O2S.C3H4O4/c1-22(17-20-16(21-26-17)23-8-6-19-11-23)7-2-5-18-10-13-3-4-14-15(9-13)25-12-24-14;4-2(5)1-3(6)7/h3-4,6,8-9,11,18H,2,5,7,10,12H2,1H3;1H2,(H,4,5)(H,6,7). The third-order valence-corrected chi connectivity index (χ3v) is 5.20. The van der Waals surface area contributed by atoms with E-state index in [0.717, 1.165) is 42.7 Å². The first kappa shape index (κ1) is 23.9. The first-order valence-corrected chi connectivity index (χ1v) is 10.8. The number of aliphatic carboxylic acids is 2. The lowest BCUT2D eigenvalue weighted by atomic mass is 10.2. The summed E-state index contributed by atoms with van der Waals surface area (Å²) >= 11 is 1.40. The van der Waals surface area contributed by atoms with Crippen LogP contribution < -0.4 is 19.7 Å². The number of rotatable bonds is 10. The number of carbonyl (C=O) groups is 2. The fraction of sp³-hybridized carbons (Fsp3) is 0.350. The van der Waals surface area contributed by atoms with Crippen molar-refractivity contribution < 1.29 is 29.3 Å². The highest BCUT2D eigenvalue weighted by molar-refractivity contribution is 7.09. The predicted molar refractivity (Wildman–Crippen MR) is 119 cm³/mol. The maximum Gasteiger partial charge on any atom is 0.314 e. The van der Waals surface area contributed by atoms with Gasteiger partial charge in [0.1, 0.15) is 12.7 Å². The average molecular weight is 477 g/mol. The van der Waals surface area contributed by atoms with E-state index < -0.39 is 18.4 Å². The normalized spacial score (nSPS) is 11.5. The molecule has 0 bridgehead atoms. The smallest absolute Gasteiger partial charge is 0.314 e. The monoisotopic (exact) mass is 476 g/mol. The van der Waals surface area contributed by atoms with E-state index >= 15 is 0 Å². The fourth-order valence-electron chi connectivity index (χ4n) is 2.80. The van der Waals surface area contributed by atoms with Gasteiger partial charge in [0.05, 0.1) is 0 Å². The lowest BCUT2D eigenvalue weighted by Crippen LogP contribution is -2.23. The van der Waals surface area contributed by atoms with Gasteiger partial charge in [0.15, 0.2) is 11.5 Å². The minimum Gasteiger partial charge on any atom is -0.481 e. The third-order valence-electron chi connectivity index (χ3n) is 4.38. The quantitative estimate of drug-likeness (QED) is 0.289. The highest BCUT2D eigenvalue weighted by Gasteiger charge is 2.13. The van der Waals surface area contributed by atoms with Crippen molar-refractivity contribution in [1.29, 1.82) is 0 Å². The molecule has 4 rings (SSSR count). The summed E-state index contributed by atoms with van der Waals surface area (Å²) in [6, 6.07) is 6.05. The molecule has 0 amide bonds. The number of hydrogen-bond donors (Lipinski definition) is 3. The summed E-state index contributed by atoms with van der Waals surface area (Å²) in [5, 5.41) is 19.8. The van der Waals surface area contributed by atoms with E-state index in [4.69, 9.17) is 19.7 Å². The highest BCUT2D eigenvalue weighted by atomic mass is 32.1. The molecule has 1 aromatic carbocycles. The molecule has 0 fully saturated rings. The second-order valence-electron chi connectivity index (χ2n) is 6.95. The second kappa shape index (κ2) is 11.8. The van der Waals surface area contributed by atoms with Crippen LogP contribution in [-0.2, 0) is 16.1 Å². The number of carboxylic acids is 2.